The zero-order chi connectivity index (χ0) is 15.2. The van der Waals surface area contributed by atoms with Crippen molar-refractivity contribution >= 4 is 17.3 Å². The first-order chi connectivity index (χ1) is 10.1. The summed E-state index contributed by atoms with van der Waals surface area (Å²) in [5.74, 6) is 0.885. The fourth-order valence-corrected chi connectivity index (χ4v) is 2.28. The lowest BCUT2D eigenvalue weighted by Crippen LogP contribution is -2.26. The van der Waals surface area contributed by atoms with Gasteiger partial charge in [0.15, 0.2) is 0 Å². The van der Waals surface area contributed by atoms with Crippen LogP contribution in [0.5, 0.6) is 0 Å². The van der Waals surface area contributed by atoms with Gasteiger partial charge in [0.05, 0.1) is 18.1 Å². The van der Waals surface area contributed by atoms with Crippen LogP contribution in [0.2, 0.25) is 5.02 Å². The van der Waals surface area contributed by atoms with Crippen LogP contribution in [0, 0.1) is 0 Å². The van der Waals surface area contributed by atoms with E-state index in [-0.39, 0.29) is 16.6 Å². The fourth-order valence-electron chi connectivity index (χ4n) is 2.08. The topological polar surface area (TPSA) is 60.1 Å². The highest BCUT2D eigenvalue weighted by Crippen LogP contribution is 2.17. The van der Waals surface area contributed by atoms with Crippen molar-refractivity contribution in [3.63, 3.8) is 0 Å². The molecule has 0 saturated heterocycles. The average Bonchev–Trinajstić information content (AvgIpc) is 2.96. The van der Waals surface area contributed by atoms with Crippen molar-refractivity contribution in [3.8, 4) is 0 Å². The predicted octanol–water partition coefficient (Wildman–Crippen LogP) is 3.33. The molecule has 0 radical (unpaired) electrons. The number of aromatic nitrogens is 2. The van der Waals surface area contributed by atoms with Gasteiger partial charge in [-0.3, -0.25) is 4.79 Å². The molecule has 0 amide bonds. The minimum Gasteiger partial charge on any atom is -0.469 e. The quantitative estimate of drug-likeness (QED) is 0.852. The molecule has 0 aromatic carbocycles. The van der Waals surface area contributed by atoms with E-state index in [0.29, 0.717) is 18.7 Å². The number of hydrogen-bond donors (Lipinski definition) is 1. The third kappa shape index (κ3) is 4.11. The Morgan fingerprint density at radius 1 is 1.52 bits per heavy atom. The van der Waals surface area contributed by atoms with E-state index in [9.17, 15) is 4.79 Å². The van der Waals surface area contributed by atoms with E-state index < -0.39 is 0 Å². The molecule has 114 valence electrons. The largest absolute Gasteiger partial charge is 0.469 e. The normalized spacial score (nSPS) is 12.3. The van der Waals surface area contributed by atoms with Gasteiger partial charge in [-0.1, -0.05) is 24.9 Å². The van der Waals surface area contributed by atoms with E-state index in [2.05, 4.69) is 17.3 Å². The van der Waals surface area contributed by atoms with Gasteiger partial charge in [-0.15, -0.1) is 0 Å². The molecular weight excluding hydrogens is 290 g/mol. The van der Waals surface area contributed by atoms with E-state index >= 15 is 0 Å². The van der Waals surface area contributed by atoms with Crippen LogP contribution < -0.4 is 10.9 Å². The van der Waals surface area contributed by atoms with Crippen molar-refractivity contribution in [2.24, 2.45) is 0 Å². The van der Waals surface area contributed by atoms with Gasteiger partial charge < -0.3 is 9.73 Å². The highest BCUT2D eigenvalue weighted by molar-refractivity contribution is 6.32. The van der Waals surface area contributed by atoms with Crippen molar-refractivity contribution in [2.45, 2.75) is 45.7 Å². The first kappa shape index (κ1) is 15.6. The van der Waals surface area contributed by atoms with E-state index in [1.165, 1.54) is 4.68 Å². The third-order valence-corrected chi connectivity index (χ3v) is 3.56. The summed E-state index contributed by atoms with van der Waals surface area (Å²) in [6, 6.07) is 3.85. The summed E-state index contributed by atoms with van der Waals surface area (Å²) < 4.78 is 6.72. The summed E-state index contributed by atoms with van der Waals surface area (Å²) in [7, 11) is 0. The monoisotopic (exact) mass is 309 g/mol. The molecule has 0 saturated carbocycles. The van der Waals surface area contributed by atoms with Crippen LogP contribution >= 0.6 is 11.6 Å². The lowest BCUT2D eigenvalue weighted by molar-refractivity contribution is 0.497. The standard InChI is InChI=1S/C15H20ClN3O2/c1-3-4-7-19-15(20)14(16)13(10-17-19)18-11(2)9-12-6-5-8-21-12/h5-6,8,10-11,18H,3-4,7,9H2,1-2H3. The second-order valence-electron chi connectivity index (χ2n) is 5.08. The number of nitrogens with one attached hydrogen (secondary N) is 1. The molecule has 0 spiro atoms. The number of hydrogen-bond acceptors (Lipinski definition) is 4. The van der Waals surface area contributed by atoms with Crippen molar-refractivity contribution in [1.29, 1.82) is 0 Å². The van der Waals surface area contributed by atoms with Crippen LogP contribution in [0.1, 0.15) is 32.4 Å². The second kappa shape index (κ2) is 7.31. The van der Waals surface area contributed by atoms with E-state index in [0.717, 1.165) is 18.6 Å². The Morgan fingerprint density at radius 2 is 2.33 bits per heavy atom. The molecule has 2 heterocycles. The molecule has 1 N–H and O–H groups in total. The van der Waals surface area contributed by atoms with Crippen LogP contribution in [0.15, 0.2) is 33.8 Å². The van der Waals surface area contributed by atoms with E-state index in [1.807, 2.05) is 19.1 Å². The van der Waals surface area contributed by atoms with Crippen LogP contribution in [-0.4, -0.2) is 15.8 Å². The minimum atomic E-state index is -0.250. The number of furan rings is 1. The molecule has 2 aromatic rings. The van der Waals surface area contributed by atoms with E-state index in [4.69, 9.17) is 16.0 Å². The van der Waals surface area contributed by atoms with Crippen molar-refractivity contribution in [2.75, 3.05) is 5.32 Å². The molecule has 2 rings (SSSR count). The maximum Gasteiger partial charge on any atom is 0.287 e. The zero-order valence-corrected chi connectivity index (χ0v) is 13.1. The molecule has 1 unspecified atom stereocenters. The Morgan fingerprint density at radius 3 is 3.00 bits per heavy atom. The lowest BCUT2D eigenvalue weighted by Gasteiger charge is -2.15. The molecule has 0 aliphatic rings. The molecule has 0 aliphatic carbocycles. The van der Waals surface area contributed by atoms with Gasteiger partial charge in [-0.05, 0) is 25.5 Å². The number of aryl methyl sites for hydroxylation is 1. The average molecular weight is 310 g/mol. The van der Waals surface area contributed by atoms with Crippen molar-refractivity contribution < 1.29 is 4.42 Å². The lowest BCUT2D eigenvalue weighted by atomic mass is 10.2. The molecule has 0 aliphatic heterocycles. The molecule has 0 bridgehead atoms. The summed E-state index contributed by atoms with van der Waals surface area (Å²) in [6.45, 7) is 4.66. The Balaban J connectivity index is 2.06. The van der Waals surface area contributed by atoms with Gasteiger partial charge in [-0.2, -0.15) is 5.10 Å². The van der Waals surface area contributed by atoms with Crippen LogP contribution in [0.3, 0.4) is 0 Å². The number of unbranched alkanes of at least 4 members (excludes halogenated alkanes) is 1. The zero-order valence-electron chi connectivity index (χ0n) is 12.3. The maximum atomic E-state index is 12.1. The van der Waals surface area contributed by atoms with Gasteiger partial charge in [0.2, 0.25) is 0 Å². The van der Waals surface area contributed by atoms with Crippen LogP contribution in [0.25, 0.3) is 0 Å². The molecule has 1 atom stereocenters. The molecule has 0 fully saturated rings. The third-order valence-electron chi connectivity index (χ3n) is 3.20. The first-order valence-electron chi connectivity index (χ1n) is 7.16. The highest BCUT2D eigenvalue weighted by Gasteiger charge is 2.12. The van der Waals surface area contributed by atoms with E-state index in [1.54, 1.807) is 12.5 Å². The molecular formula is C15H20ClN3O2. The number of rotatable bonds is 7. The number of anilines is 1. The Hall–Kier alpha value is -1.75. The van der Waals surface area contributed by atoms with Gasteiger partial charge in [-0.25, -0.2) is 4.68 Å². The minimum absolute atomic E-state index is 0.0846. The Kier molecular flexibility index (Phi) is 5.44. The highest BCUT2D eigenvalue weighted by atomic mass is 35.5. The van der Waals surface area contributed by atoms with Crippen LogP contribution in [0.4, 0.5) is 5.69 Å². The predicted molar refractivity (Wildman–Crippen MR) is 83.9 cm³/mol. The summed E-state index contributed by atoms with van der Waals surface area (Å²) in [5, 5.41) is 7.55. The Labute approximate surface area is 128 Å². The van der Waals surface area contributed by atoms with Gasteiger partial charge >= 0.3 is 0 Å². The molecule has 2 aromatic heterocycles. The van der Waals surface area contributed by atoms with Gasteiger partial charge in [0.25, 0.3) is 5.56 Å². The fraction of sp³-hybridized carbons (Fsp3) is 0.467. The number of halogens is 1. The summed E-state index contributed by atoms with van der Waals surface area (Å²) in [6.07, 6.45) is 5.88. The molecule has 6 heteroatoms. The van der Waals surface area contributed by atoms with Crippen LogP contribution in [-0.2, 0) is 13.0 Å². The number of nitrogens with zero attached hydrogens (tertiary/aromatic N) is 2. The summed E-state index contributed by atoms with van der Waals surface area (Å²) in [5.41, 5.74) is 0.314. The summed E-state index contributed by atoms with van der Waals surface area (Å²) >= 11 is 6.14. The molecule has 21 heavy (non-hydrogen) atoms. The smallest absolute Gasteiger partial charge is 0.287 e. The SMILES string of the molecule is CCCCn1ncc(NC(C)Cc2ccco2)c(Cl)c1=O. The van der Waals surface area contributed by atoms with Gasteiger partial charge in [0.1, 0.15) is 10.8 Å². The second-order valence-corrected chi connectivity index (χ2v) is 5.46. The van der Waals surface area contributed by atoms with Crippen molar-refractivity contribution in [1.82, 2.24) is 9.78 Å². The Bertz CT molecular complexity index is 622. The first-order valence-corrected chi connectivity index (χ1v) is 7.54. The van der Waals surface area contributed by atoms with Crippen molar-refractivity contribution in [3.05, 3.63) is 45.7 Å². The molecule has 5 nitrogen and oxygen atoms in total. The summed E-state index contributed by atoms with van der Waals surface area (Å²) in [4.78, 5) is 12.1. The van der Waals surface area contributed by atoms with Gasteiger partial charge in [0, 0.05) is 19.0 Å². The maximum absolute atomic E-state index is 12.1.